The second-order valence-corrected chi connectivity index (χ2v) is 7.30. The number of carboxylic acids is 1. The van der Waals surface area contributed by atoms with Gasteiger partial charge in [0, 0.05) is 5.92 Å². The maximum absolute atomic E-state index is 13.1. The van der Waals surface area contributed by atoms with Crippen LogP contribution in [0.2, 0.25) is 0 Å². The van der Waals surface area contributed by atoms with Crippen LogP contribution in [0.4, 0.5) is 4.79 Å². The molecule has 1 aliphatic rings. The molecule has 0 radical (unpaired) electrons. The van der Waals surface area contributed by atoms with Gasteiger partial charge in [-0.2, -0.15) is 0 Å². The quantitative estimate of drug-likeness (QED) is 0.700. The first-order valence-corrected chi connectivity index (χ1v) is 9.84. The third-order valence-electron chi connectivity index (χ3n) is 5.14. The standard InChI is InChI=1S/C23H25NO5/c25-21(26)15-19(13-7-12-17-8-3-1-4-9-17)22(27)24-20(16-29-23(24)28)14-18-10-5-2-6-11-18/h1-6,8-11,19-20H,7,12-16H2,(H,25,26). The van der Waals surface area contributed by atoms with Crippen molar-refractivity contribution in [3.05, 3.63) is 71.8 Å². The SMILES string of the molecule is O=C(O)CC(CCCc1ccccc1)C(=O)N1C(=O)OCC1Cc1ccccc1. The van der Waals surface area contributed by atoms with Gasteiger partial charge in [-0.3, -0.25) is 9.59 Å². The van der Waals surface area contributed by atoms with Gasteiger partial charge in [-0.1, -0.05) is 60.7 Å². The highest BCUT2D eigenvalue weighted by Gasteiger charge is 2.41. The predicted octanol–water partition coefficient (Wildman–Crippen LogP) is 3.69. The molecule has 2 atom stereocenters. The summed E-state index contributed by atoms with van der Waals surface area (Å²) >= 11 is 0. The van der Waals surface area contributed by atoms with E-state index in [1.54, 1.807) is 0 Å². The number of carboxylic acid groups (broad SMARTS) is 1. The average molecular weight is 395 g/mol. The van der Waals surface area contributed by atoms with Gasteiger partial charge in [0.05, 0.1) is 12.5 Å². The smallest absolute Gasteiger partial charge is 0.416 e. The van der Waals surface area contributed by atoms with E-state index < -0.39 is 29.9 Å². The topological polar surface area (TPSA) is 83.9 Å². The fourth-order valence-corrected chi connectivity index (χ4v) is 3.68. The van der Waals surface area contributed by atoms with Crippen LogP contribution in [0.5, 0.6) is 0 Å². The highest BCUT2D eigenvalue weighted by Crippen LogP contribution is 2.24. The highest BCUT2D eigenvalue weighted by atomic mass is 16.6. The van der Waals surface area contributed by atoms with E-state index in [0.29, 0.717) is 19.3 Å². The maximum atomic E-state index is 13.1. The van der Waals surface area contributed by atoms with E-state index >= 15 is 0 Å². The molecule has 0 saturated carbocycles. The minimum Gasteiger partial charge on any atom is -0.481 e. The molecule has 2 unspecified atom stereocenters. The van der Waals surface area contributed by atoms with Crippen LogP contribution in [0.1, 0.15) is 30.4 Å². The Labute approximate surface area is 170 Å². The molecular weight excluding hydrogens is 370 g/mol. The van der Waals surface area contributed by atoms with Gasteiger partial charge in [-0.15, -0.1) is 0 Å². The normalized spacial score (nSPS) is 17.0. The number of amides is 2. The fourth-order valence-electron chi connectivity index (χ4n) is 3.68. The molecule has 1 N–H and O–H groups in total. The van der Waals surface area contributed by atoms with Gasteiger partial charge < -0.3 is 9.84 Å². The lowest BCUT2D eigenvalue weighted by atomic mass is 9.94. The summed E-state index contributed by atoms with van der Waals surface area (Å²) in [5.74, 6) is -2.25. The van der Waals surface area contributed by atoms with Crippen LogP contribution in [0.25, 0.3) is 0 Å². The summed E-state index contributed by atoms with van der Waals surface area (Å²) in [4.78, 5) is 37.8. The number of hydrogen-bond acceptors (Lipinski definition) is 4. The van der Waals surface area contributed by atoms with E-state index in [1.807, 2.05) is 60.7 Å². The van der Waals surface area contributed by atoms with Crippen LogP contribution < -0.4 is 0 Å². The van der Waals surface area contributed by atoms with Crippen molar-refractivity contribution in [1.29, 1.82) is 0 Å². The lowest BCUT2D eigenvalue weighted by Gasteiger charge is -2.24. The summed E-state index contributed by atoms with van der Waals surface area (Å²) < 4.78 is 5.12. The van der Waals surface area contributed by atoms with Crippen molar-refractivity contribution in [3.8, 4) is 0 Å². The molecule has 1 fully saturated rings. The number of carbonyl (C=O) groups is 3. The Morgan fingerprint density at radius 3 is 2.28 bits per heavy atom. The van der Waals surface area contributed by atoms with Crippen LogP contribution >= 0.6 is 0 Å². The Morgan fingerprint density at radius 1 is 1.03 bits per heavy atom. The number of rotatable bonds is 9. The number of aryl methyl sites for hydroxylation is 1. The number of carbonyl (C=O) groups excluding carboxylic acids is 2. The molecule has 1 saturated heterocycles. The number of nitrogens with zero attached hydrogens (tertiary/aromatic N) is 1. The number of aliphatic carboxylic acids is 1. The molecule has 2 aromatic rings. The van der Waals surface area contributed by atoms with E-state index in [-0.39, 0.29) is 13.0 Å². The van der Waals surface area contributed by atoms with Crippen molar-refractivity contribution in [1.82, 2.24) is 4.90 Å². The Hall–Kier alpha value is -3.15. The lowest BCUT2D eigenvalue weighted by Crippen LogP contribution is -2.44. The molecule has 152 valence electrons. The molecule has 0 spiro atoms. The summed E-state index contributed by atoms with van der Waals surface area (Å²) in [5.41, 5.74) is 2.13. The van der Waals surface area contributed by atoms with Gasteiger partial charge in [0.25, 0.3) is 0 Å². The van der Waals surface area contributed by atoms with Gasteiger partial charge >= 0.3 is 12.1 Å². The minimum atomic E-state index is -1.05. The first kappa shape index (κ1) is 20.6. The molecule has 1 heterocycles. The first-order valence-electron chi connectivity index (χ1n) is 9.84. The number of cyclic esters (lactones) is 1. The average Bonchev–Trinajstić information content (AvgIpc) is 3.08. The van der Waals surface area contributed by atoms with Gasteiger partial charge in [0.1, 0.15) is 6.61 Å². The molecule has 2 amide bonds. The Balaban J connectivity index is 1.67. The van der Waals surface area contributed by atoms with E-state index in [0.717, 1.165) is 22.4 Å². The van der Waals surface area contributed by atoms with Crippen LogP contribution in [0.15, 0.2) is 60.7 Å². The summed E-state index contributed by atoms with van der Waals surface area (Å²) in [6.07, 6.45) is 1.33. The number of ether oxygens (including phenoxy) is 1. The molecule has 29 heavy (non-hydrogen) atoms. The summed E-state index contributed by atoms with van der Waals surface area (Å²) in [7, 11) is 0. The van der Waals surface area contributed by atoms with E-state index in [1.165, 1.54) is 0 Å². The van der Waals surface area contributed by atoms with Crippen LogP contribution in [0, 0.1) is 5.92 Å². The van der Waals surface area contributed by atoms with Crippen molar-refractivity contribution < 1.29 is 24.2 Å². The summed E-state index contributed by atoms with van der Waals surface area (Å²) in [5, 5.41) is 9.27. The molecule has 0 aromatic heterocycles. The van der Waals surface area contributed by atoms with Crippen LogP contribution in [-0.4, -0.2) is 40.6 Å². The van der Waals surface area contributed by atoms with Crippen molar-refractivity contribution in [2.75, 3.05) is 6.61 Å². The fraction of sp³-hybridized carbons (Fsp3) is 0.348. The Morgan fingerprint density at radius 2 is 1.66 bits per heavy atom. The van der Waals surface area contributed by atoms with E-state index in [4.69, 9.17) is 4.74 Å². The number of imide groups is 1. The van der Waals surface area contributed by atoms with Gasteiger partial charge in [-0.25, -0.2) is 9.69 Å². The second kappa shape index (κ2) is 9.87. The predicted molar refractivity (Wildman–Crippen MR) is 107 cm³/mol. The van der Waals surface area contributed by atoms with Crippen molar-refractivity contribution >= 4 is 18.0 Å². The maximum Gasteiger partial charge on any atom is 0.416 e. The molecule has 0 aliphatic carbocycles. The summed E-state index contributed by atoms with van der Waals surface area (Å²) in [6, 6.07) is 19.0. The molecule has 6 heteroatoms. The van der Waals surface area contributed by atoms with E-state index in [9.17, 15) is 19.5 Å². The molecule has 2 aromatic carbocycles. The minimum absolute atomic E-state index is 0.128. The zero-order valence-corrected chi connectivity index (χ0v) is 16.2. The molecule has 6 nitrogen and oxygen atoms in total. The number of hydrogen-bond donors (Lipinski definition) is 1. The van der Waals surface area contributed by atoms with Crippen molar-refractivity contribution in [3.63, 3.8) is 0 Å². The first-order chi connectivity index (χ1) is 14.0. The largest absolute Gasteiger partial charge is 0.481 e. The Kier molecular flexibility index (Phi) is 7.00. The molecular formula is C23H25NO5. The molecule has 3 rings (SSSR count). The van der Waals surface area contributed by atoms with Gasteiger partial charge in [-0.05, 0) is 36.8 Å². The van der Waals surface area contributed by atoms with Crippen molar-refractivity contribution in [2.45, 2.75) is 38.1 Å². The van der Waals surface area contributed by atoms with Gasteiger partial charge in [0.2, 0.25) is 5.91 Å². The third-order valence-corrected chi connectivity index (χ3v) is 5.14. The number of benzene rings is 2. The van der Waals surface area contributed by atoms with Gasteiger partial charge in [0.15, 0.2) is 0 Å². The molecule has 1 aliphatic heterocycles. The summed E-state index contributed by atoms with van der Waals surface area (Å²) in [6.45, 7) is 0.128. The monoisotopic (exact) mass is 395 g/mol. The van der Waals surface area contributed by atoms with E-state index in [2.05, 4.69) is 0 Å². The second-order valence-electron chi connectivity index (χ2n) is 7.30. The zero-order valence-electron chi connectivity index (χ0n) is 16.2. The van der Waals surface area contributed by atoms with Crippen molar-refractivity contribution in [2.24, 2.45) is 5.92 Å². The molecule has 0 bridgehead atoms. The Bertz CT molecular complexity index is 837. The van der Waals surface area contributed by atoms with Crippen LogP contribution in [-0.2, 0) is 27.2 Å². The zero-order chi connectivity index (χ0) is 20.6. The lowest BCUT2D eigenvalue weighted by molar-refractivity contribution is -0.144. The third kappa shape index (κ3) is 5.67. The van der Waals surface area contributed by atoms with Crippen LogP contribution in [0.3, 0.4) is 0 Å². The highest BCUT2D eigenvalue weighted by molar-refractivity contribution is 5.96.